The molecular formula is C22H38N4O2. The van der Waals surface area contributed by atoms with Gasteiger partial charge < -0.3 is 20.7 Å². The van der Waals surface area contributed by atoms with Crippen LogP contribution in [-0.2, 0) is 16.1 Å². The minimum atomic E-state index is 0.00996. The molecule has 0 radical (unpaired) electrons. The lowest BCUT2D eigenvalue weighted by molar-refractivity contribution is -0.119. The summed E-state index contributed by atoms with van der Waals surface area (Å²) in [5.41, 5.74) is 1.87. The van der Waals surface area contributed by atoms with Gasteiger partial charge in [-0.2, -0.15) is 0 Å². The summed E-state index contributed by atoms with van der Waals surface area (Å²) in [5, 5.41) is 9.57. The summed E-state index contributed by atoms with van der Waals surface area (Å²) in [5.74, 6) is 1.42. The Labute approximate surface area is 170 Å². The van der Waals surface area contributed by atoms with E-state index in [1.54, 1.807) is 0 Å². The molecular weight excluding hydrogens is 352 g/mol. The van der Waals surface area contributed by atoms with Gasteiger partial charge in [-0.25, -0.2) is 4.99 Å². The minimum Gasteiger partial charge on any atom is -0.381 e. The maximum Gasteiger partial charge on any atom is 0.227 e. The summed E-state index contributed by atoms with van der Waals surface area (Å²) in [4.78, 5) is 16.7. The number of hydrogen-bond donors (Lipinski definition) is 3. The number of benzene rings is 1. The van der Waals surface area contributed by atoms with Gasteiger partial charge in [0.2, 0.25) is 5.91 Å². The minimum absolute atomic E-state index is 0.00996. The van der Waals surface area contributed by atoms with E-state index in [0.717, 1.165) is 56.4 Å². The van der Waals surface area contributed by atoms with Crippen LogP contribution in [0.5, 0.6) is 0 Å². The SMILES string of the molecule is CCNC(=NCc1cccc(NC(=O)C(C)CC)c1)NCCCOCC(C)C. The van der Waals surface area contributed by atoms with Crippen LogP contribution in [-0.4, -0.2) is 38.2 Å². The van der Waals surface area contributed by atoms with Gasteiger partial charge in [0.15, 0.2) is 5.96 Å². The molecule has 0 fully saturated rings. The van der Waals surface area contributed by atoms with E-state index in [0.29, 0.717) is 12.5 Å². The number of rotatable bonds is 12. The Kier molecular flexibility index (Phi) is 12.0. The molecule has 1 unspecified atom stereocenters. The highest BCUT2D eigenvalue weighted by atomic mass is 16.5. The van der Waals surface area contributed by atoms with Crippen molar-refractivity contribution in [3.8, 4) is 0 Å². The van der Waals surface area contributed by atoms with E-state index in [-0.39, 0.29) is 11.8 Å². The second-order valence-corrected chi connectivity index (χ2v) is 7.44. The Morgan fingerprint density at radius 2 is 1.96 bits per heavy atom. The average Bonchev–Trinajstić information content (AvgIpc) is 2.68. The molecule has 0 saturated carbocycles. The third-order valence-corrected chi connectivity index (χ3v) is 4.23. The van der Waals surface area contributed by atoms with Crippen LogP contribution >= 0.6 is 0 Å². The molecule has 0 aliphatic carbocycles. The first kappa shape index (κ1) is 24.0. The van der Waals surface area contributed by atoms with Gasteiger partial charge in [0.1, 0.15) is 0 Å². The largest absolute Gasteiger partial charge is 0.381 e. The highest BCUT2D eigenvalue weighted by molar-refractivity contribution is 5.92. The van der Waals surface area contributed by atoms with Crippen molar-refractivity contribution < 1.29 is 9.53 Å². The fourth-order valence-electron chi connectivity index (χ4n) is 2.41. The van der Waals surface area contributed by atoms with E-state index in [1.165, 1.54) is 0 Å². The number of hydrogen-bond acceptors (Lipinski definition) is 3. The summed E-state index contributed by atoms with van der Waals surface area (Å²) in [6, 6.07) is 7.86. The quantitative estimate of drug-likeness (QED) is 0.288. The number of nitrogens with one attached hydrogen (secondary N) is 3. The number of aliphatic imine (C=N–C) groups is 1. The summed E-state index contributed by atoms with van der Waals surface area (Å²) in [6.45, 7) is 14.0. The van der Waals surface area contributed by atoms with E-state index < -0.39 is 0 Å². The molecule has 3 N–H and O–H groups in total. The van der Waals surface area contributed by atoms with Crippen molar-refractivity contribution in [3.63, 3.8) is 0 Å². The molecule has 1 rings (SSSR count). The molecule has 0 bridgehead atoms. The van der Waals surface area contributed by atoms with Crippen molar-refractivity contribution in [2.24, 2.45) is 16.8 Å². The zero-order valence-corrected chi connectivity index (χ0v) is 18.2. The number of guanidine groups is 1. The van der Waals surface area contributed by atoms with Crippen LogP contribution in [0.4, 0.5) is 5.69 Å². The molecule has 1 atom stereocenters. The molecule has 1 aromatic carbocycles. The van der Waals surface area contributed by atoms with E-state index in [2.05, 4.69) is 34.8 Å². The van der Waals surface area contributed by atoms with E-state index in [9.17, 15) is 4.79 Å². The van der Waals surface area contributed by atoms with Crippen LogP contribution in [0, 0.1) is 11.8 Å². The van der Waals surface area contributed by atoms with Crippen molar-refractivity contribution in [3.05, 3.63) is 29.8 Å². The Bertz CT molecular complexity index is 602. The summed E-state index contributed by atoms with van der Waals surface area (Å²) >= 11 is 0. The van der Waals surface area contributed by atoms with Crippen molar-refractivity contribution in [2.75, 3.05) is 31.6 Å². The molecule has 1 amide bonds. The monoisotopic (exact) mass is 390 g/mol. The fraction of sp³-hybridized carbons (Fsp3) is 0.636. The molecule has 0 aromatic heterocycles. The second kappa shape index (κ2) is 14.0. The number of carbonyl (C=O) groups excluding carboxylic acids is 1. The highest BCUT2D eigenvalue weighted by Gasteiger charge is 2.10. The number of anilines is 1. The molecule has 1 aromatic rings. The van der Waals surface area contributed by atoms with Gasteiger partial charge >= 0.3 is 0 Å². The molecule has 28 heavy (non-hydrogen) atoms. The summed E-state index contributed by atoms with van der Waals surface area (Å²) in [6.07, 6.45) is 1.77. The first-order valence-electron chi connectivity index (χ1n) is 10.5. The van der Waals surface area contributed by atoms with Crippen LogP contribution in [0.3, 0.4) is 0 Å². The van der Waals surface area contributed by atoms with E-state index in [4.69, 9.17) is 4.74 Å². The van der Waals surface area contributed by atoms with Crippen molar-refractivity contribution in [1.29, 1.82) is 0 Å². The zero-order valence-electron chi connectivity index (χ0n) is 18.2. The van der Waals surface area contributed by atoms with Gasteiger partial charge in [-0.3, -0.25) is 4.79 Å². The predicted molar refractivity (Wildman–Crippen MR) is 118 cm³/mol. The van der Waals surface area contributed by atoms with Crippen LogP contribution in [0.1, 0.15) is 53.0 Å². The highest BCUT2D eigenvalue weighted by Crippen LogP contribution is 2.13. The van der Waals surface area contributed by atoms with Gasteiger partial charge in [0, 0.05) is 37.9 Å². The second-order valence-electron chi connectivity index (χ2n) is 7.44. The van der Waals surface area contributed by atoms with Gasteiger partial charge in [0.05, 0.1) is 6.54 Å². The molecule has 158 valence electrons. The lowest BCUT2D eigenvalue weighted by Gasteiger charge is -2.13. The third-order valence-electron chi connectivity index (χ3n) is 4.23. The van der Waals surface area contributed by atoms with Gasteiger partial charge in [-0.1, -0.05) is 39.8 Å². The molecule has 6 nitrogen and oxygen atoms in total. The summed E-state index contributed by atoms with van der Waals surface area (Å²) in [7, 11) is 0. The Morgan fingerprint density at radius 1 is 1.18 bits per heavy atom. The number of nitrogens with zero attached hydrogens (tertiary/aromatic N) is 1. The normalized spacial score (nSPS) is 12.7. The number of ether oxygens (including phenoxy) is 1. The Balaban J connectivity index is 2.52. The van der Waals surface area contributed by atoms with Crippen LogP contribution in [0.2, 0.25) is 0 Å². The molecule has 0 heterocycles. The van der Waals surface area contributed by atoms with Gasteiger partial charge in [-0.15, -0.1) is 0 Å². The van der Waals surface area contributed by atoms with Crippen molar-refractivity contribution in [2.45, 2.75) is 54.0 Å². The smallest absolute Gasteiger partial charge is 0.227 e. The first-order chi connectivity index (χ1) is 13.5. The van der Waals surface area contributed by atoms with Crippen LogP contribution < -0.4 is 16.0 Å². The van der Waals surface area contributed by atoms with Crippen LogP contribution in [0.15, 0.2) is 29.3 Å². The van der Waals surface area contributed by atoms with Crippen LogP contribution in [0.25, 0.3) is 0 Å². The predicted octanol–water partition coefficient (Wildman–Crippen LogP) is 3.79. The lowest BCUT2D eigenvalue weighted by atomic mass is 10.1. The van der Waals surface area contributed by atoms with Gasteiger partial charge in [0.25, 0.3) is 0 Å². The molecule has 0 spiro atoms. The molecule has 6 heteroatoms. The number of amides is 1. The Hall–Kier alpha value is -2.08. The van der Waals surface area contributed by atoms with Crippen molar-refractivity contribution >= 4 is 17.6 Å². The number of carbonyl (C=O) groups is 1. The Morgan fingerprint density at radius 3 is 2.64 bits per heavy atom. The first-order valence-corrected chi connectivity index (χ1v) is 10.5. The maximum absolute atomic E-state index is 12.1. The summed E-state index contributed by atoms with van der Waals surface area (Å²) < 4.78 is 5.60. The molecule has 0 aliphatic heterocycles. The molecule has 0 saturated heterocycles. The fourth-order valence-corrected chi connectivity index (χ4v) is 2.41. The van der Waals surface area contributed by atoms with E-state index in [1.807, 2.05) is 45.0 Å². The zero-order chi connectivity index (χ0) is 20.8. The van der Waals surface area contributed by atoms with E-state index >= 15 is 0 Å². The topological polar surface area (TPSA) is 74.8 Å². The lowest BCUT2D eigenvalue weighted by Crippen LogP contribution is -2.38. The molecule has 0 aliphatic rings. The van der Waals surface area contributed by atoms with Crippen molar-refractivity contribution in [1.82, 2.24) is 10.6 Å². The van der Waals surface area contributed by atoms with Gasteiger partial charge in [-0.05, 0) is 43.4 Å². The standard InChI is InChI=1S/C22H38N4O2/c1-6-18(5)21(27)26-20-11-8-10-19(14-20)15-25-22(23-7-2)24-12-9-13-28-16-17(3)4/h8,10-11,14,17-18H,6-7,9,12-13,15-16H2,1-5H3,(H,26,27)(H2,23,24,25). The average molecular weight is 391 g/mol. The maximum atomic E-state index is 12.1. The third kappa shape index (κ3) is 10.3.